The van der Waals surface area contributed by atoms with Crippen molar-refractivity contribution in [2.24, 2.45) is 0 Å². The molecule has 0 aliphatic heterocycles. The predicted octanol–water partition coefficient (Wildman–Crippen LogP) is 3.44. The van der Waals surface area contributed by atoms with E-state index < -0.39 is 40.3 Å². The van der Waals surface area contributed by atoms with Crippen LogP contribution in [-0.4, -0.2) is 23.3 Å². The molecule has 24 heavy (non-hydrogen) atoms. The monoisotopic (exact) mass is 343 g/mol. The van der Waals surface area contributed by atoms with Gasteiger partial charge in [0.15, 0.2) is 23.7 Å². The van der Waals surface area contributed by atoms with Crippen LogP contribution in [0.3, 0.4) is 0 Å². The summed E-state index contributed by atoms with van der Waals surface area (Å²) in [5, 5.41) is 2.62. The highest BCUT2D eigenvalue weighted by atomic mass is 19.4. The molecule has 126 valence electrons. The fourth-order valence-corrected chi connectivity index (χ4v) is 1.87. The van der Waals surface area contributed by atoms with Crippen molar-refractivity contribution in [1.82, 2.24) is 15.3 Å². The van der Waals surface area contributed by atoms with E-state index in [1.165, 1.54) is 12.3 Å². The molecule has 9 heteroatoms. The second-order valence-corrected chi connectivity index (χ2v) is 4.59. The van der Waals surface area contributed by atoms with Crippen molar-refractivity contribution < 1.29 is 26.7 Å². The number of benzene rings is 1. The predicted molar refractivity (Wildman–Crippen MR) is 75.9 cm³/mol. The van der Waals surface area contributed by atoms with Gasteiger partial charge in [0, 0.05) is 19.4 Å². The first-order valence-electron chi connectivity index (χ1n) is 6.50. The molecule has 0 unspecified atom stereocenters. The van der Waals surface area contributed by atoms with Gasteiger partial charge in [0.1, 0.15) is 0 Å². The minimum atomic E-state index is -4.65. The molecule has 2 rings (SSSR count). The normalized spacial score (nSPS) is 11.8. The van der Waals surface area contributed by atoms with E-state index in [4.69, 9.17) is 0 Å². The standard InChI is InChI=1S/C15H10F5N3O/c1-21-3-2-8-4-10(12(16)13(17)11(8)7-24)14-22-5-9(6-23-14)15(18,19)20/h2-7,21H,1H3/b3-2-. The average Bonchev–Trinajstić information content (AvgIpc) is 2.55. The Hall–Kier alpha value is -2.84. The number of carbonyl (C=O) groups is 1. The topological polar surface area (TPSA) is 54.9 Å². The summed E-state index contributed by atoms with van der Waals surface area (Å²) in [5.41, 5.74) is -2.07. The Morgan fingerprint density at radius 2 is 1.75 bits per heavy atom. The van der Waals surface area contributed by atoms with Crippen molar-refractivity contribution >= 4 is 12.4 Å². The number of hydrogen-bond acceptors (Lipinski definition) is 4. The van der Waals surface area contributed by atoms with E-state index in [0.29, 0.717) is 12.4 Å². The van der Waals surface area contributed by atoms with Crippen molar-refractivity contribution in [1.29, 1.82) is 0 Å². The Morgan fingerprint density at radius 3 is 2.25 bits per heavy atom. The molecule has 0 radical (unpaired) electrons. The van der Waals surface area contributed by atoms with Crippen molar-refractivity contribution in [2.75, 3.05) is 7.05 Å². The van der Waals surface area contributed by atoms with Gasteiger partial charge in [-0.1, -0.05) is 0 Å². The lowest BCUT2D eigenvalue weighted by Crippen LogP contribution is -2.07. The van der Waals surface area contributed by atoms with E-state index in [0.717, 1.165) is 6.07 Å². The van der Waals surface area contributed by atoms with Gasteiger partial charge in [-0.2, -0.15) is 13.2 Å². The lowest BCUT2D eigenvalue weighted by molar-refractivity contribution is -0.138. The van der Waals surface area contributed by atoms with Crippen LogP contribution in [0.1, 0.15) is 21.5 Å². The minimum absolute atomic E-state index is 0.0248. The first-order chi connectivity index (χ1) is 11.3. The Morgan fingerprint density at radius 1 is 1.12 bits per heavy atom. The van der Waals surface area contributed by atoms with Crippen LogP contribution >= 0.6 is 0 Å². The second-order valence-electron chi connectivity index (χ2n) is 4.59. The van der Waals surface area contributed by atoms with E-state index in [1.54, 1.807) is 7.05 Å². The van der Waals surface area contributed by atoms with E-state index in [2.05, 4.69) is 15.3 Å². The maximum atomic E-state index is 14.1. The molecule has 0 amide bonds. The maximum Gasteiger partial charge on any atom is 0.419 e. The summed E-state index contributed by atoms with van der Waals surface area (Å²) in [4.78, 5) is 17.8. The van der Waals surface area contributed by atoms with E-state index in [-0.39, 0.29) is 11.8 Å². The fraction of sp³-hybridized carbons (Fsp3) is 0.133. The molecule has 0 saturated carbocycles. The van der Waals surface area contributed by atoms with Gasteiger partial charge in [-0.15, -0.1) is 0 Å². The number of aromatic nitrogens is 2. The lowest BCUT2D eigenvalue weighted by Gasteiger charge is -2.09. The largest absolute Gasteiger partial charge is 0.419 e. The van der Waals surface area contributed by atoms with Crippen molar-refractivity contribution in [2.45, 2.75) is 6.18 Å². The van der Waals surface area contributed by atoms with Crippen LogP contribution in [-0.2, 0) is 6.18 Å². The molecular formula is C15H10F5N3O. The number of carbonyl (C=O) groups excluding carboxylic acids is 1. The van der Waals surface area contributed by atoms with Gasteiger partial charge >= 0.3 is 6.18 Å². The number of hydrogen-bond donors (Lipinski definition) is 1. The molecule has 1 aromatic heterocycles. The summed E-state index contributed by atoms with van der Waals surface area (Å²) < 4.78 is 65.6. The zero-order valence-corrected chi connectivity index (χ0v) is 12.2. The molecule has 0 aliphatic carbocycles. The molecule has 0 aliphatic rings. The quantitative estimate of drug-likeness (QED) is 0.683. The van der Waals surface area contributed by atoms with Gasteiger partial charge in [-0.05, 0) is 23.9 Å². The maximum absolute atomic E-state index is 14.1. The summed E-state index contributed by atoms with van der Waals surface area (Å²) in [6.07, 6.45) is -0.890. The number of rotatable bonds is 4. The molecule has 0 atom stereocenters. The molecule has 0 spiro atoms. The molecule has 1 N–H and O–H groups in total. The summed E-state index contributed by atoms with van der Waals surface area (Å²) in [6.45, 7) is 0. The van der Waals surface area contributed by atoms with Gasteiger partial charge in [0.25, 0.3) is 0 Å². The summed E-state index contributed by atoms with van der Waals surface area (Å²) in [6, 6.07) is 1.08. The Labute approximate surface area is 133 Å². The molecule has 2 aromatic rings. The highest BCUT2D eigenvalue weighted by molar-refractivity contribution is 5.84. The van der Waals surface area contributed by atoms with Gasteiger partial charge in [0.05, 0.1) is 16.7 Å². The smallest absolute Gasteiger partial charge is 0.394 e. The summed E-state index contributed by atoms with van der Waals surface area (Å²) in [5.74, 6) is -3.28. The molecule has 1 aromatic carbocycles. The number of aldehydes is 1. The third-order valence-electron chi connectivity index (χ3n) is 3.04. The summed E-state index contributed by atoms with van der Waals surface area (Å²) in [7, 11) is 1.55. The van der Waals surface area contributed by atoms with Crippen LogP contribution < -0.4 is 5.32 Å². The van der Waals surface area contributed by atoms with Gasteiger partial charge < -0.3 is 5.32 Å². The average molecular weight is 343 g/mol. The van der Waals surface area contributed by atoms with Crippen LogP contribution in [0.25, 0.3) is 17.5 Å². The zero-order valence-electron chi connectivity index (χ0n) is 12.2. The van der Waals surface area contributed by atoms with Gasteiger partial charge in [-0.25, -0.2) is 18.7 Å². The molecule has 0 fully saturated rings. The first kappa shape index (κ1) is 17.5. The van der Waals surface area contributed by atoms with Crippen molar-refractivity contribution in [3.8, 4) is 11.4 Å². The number of alkyl halides is 3. The molecule has 0 bridgehead atoms. The molecular weight excluding hydrogens is 333 g/mol. The summed E-state index contributed by atoms with van der Waals surface area (Å²) >= 11 is 0. The Balaban J connectivity index is 2.60. The van der Waals surface area contributed by atoms with E-state index in [1.807, 2.05) is 0 Å². The molecule has 1 heterocycles. The lowest BCUT2D eigenvalue weighted by atomic mass is 10.0. The van der Waals surface area contributed by atoms with Crippen molar-refractivity contribution in [3.63, 3.8) is 0 Å². The van der Waals surface area contributed by atoms with Crippen LogP contribution in [0.15, 0.2) is 24.7 Å². The Kier molecular flexibility index (Phi) is 4.91. The van der Waals surface area contributed by atoms with Gasteiger partial charge in [0.2, 0.25) is 0 Å². The van der Waals surface area contributed by atoms with Crippen LogP contribution in [0.4, 0.5) is 22.0 Å². The van der Waals surface area contributed by atoms with Crippen LogP contribution in [0.2, 0.25) is 0 Å². The highest BCUT2D eigenvalue weighted by Gasteiger charge is 2.31. The zero-order chi connectivity index (χ0) is 17.9. The first-order valence-corrected chi connectivity index (χ1v) is 6.50. The minimum Gasteiger partial charge on any atom is -0.394 e. The third-order valence-corrected chi connectivity index (χ3v) is 3.04. The number of nitrogens with zero attached hydrogens (tertiary/aromatic N) is 2. The third kappa shape index (κ3) is 3.39. The Bertz CT molecular complexity index is 785. The SMILES string of the molecule is CN/C=C\c1cc(-c2ncc(C(F)(F)F)cn2)c(F)c(F)c1C=O. The molecule has 0 saturated heterocycles. The second kappa shape index (κ2) is 6.73. The van der Waals surface area contributed by atoms with Gasteiger partial charge in [-0.3, -0.25) is 4.79 Å². The highest BCUT2D eigenvalue weighted by Crippen LogP contribution is 2.30. The van der Waals surface area contributed by atoms with Crippen LogP contribution in [0.5, 0.6) is 0 Å². The number of nitrogens with one attached hydrogen (secondary N) is 1. The number of halogens is 5. The van der Waals surface area contributed by atoms with E-state index in [9.17, 15) is 26.7 Å². The van der Waals surface area contributed by atoms with Crippen molar-refractivity contribution in [3.05, 3.63) is 53.0 Å². The van der Waals surface area contributed by atoms with E-state index >= 15 is 0 Å². The fourth-order valence-electron chi connectivity index (χ4n) is 1.87. The molecule has 4 nitrogen and oxygen atoms in total. The van der Waals surface area contributed by atoms with Crippen LogP contribution in [0, 0.1) is 11.6 Å².